The van der Waals surface area contributed by atoms with Crippen LogP contribution in [-0.2, 0) is 4.79 Å². The summed E-state index contributed by atoms with van der Waals surface area (Å²) < 4.78 is 0. The Hall–Kier alpha value is -1.42. The zero-order chi connectivity index (χ0) is 17.9. The Bertz CT molecular complexity index is 508. The summed E-state index contributed by atoms with van der Waals surface area (Å²) in [6.45, 7) is 9.89. The van der Waals surface area contributed by atoms with Gasteiger partial charge in [-0.25, -0.2) is 0 Å². The third-order valence-corrected chi connectivity index (χ3v) is 5.78. The number of carbonyl (C=O) groups is 1. The molecule has 0 spiro atoms. The van der Waals surface area contributed by atoms with Gasteiger partial charge >= 0.3 is 0 Å². The molecule has 1 heterocycles. The van der Waals surface area contributed by atoms with Gasteiger partial charge in [-0.05, 0) is 36.5 Å². The maximum Gasteiger partial charge on any atom is 0.209 e. The van der Waals surface area contributed by atoms with E-state index in [0.717, 1.165) is 44.3 Å². The number of amides is 1. The third-order valence-electron chi connectivity index (χ3n) is 4.67. The van der Waals surface area contributed by atoms with Gasteiger partial charge in [0.05, 0.1) is 0 Å². The number of unbranched alkanes of at least 4 members (excludes halogenated alkanes) is 1. The first-order valence-corrected chi connectivity index (χ1v) is 10.6. The first-order valence-electron chi connectivity index (χ1n) is 9.49. The number of benzene rings is 1. The van der Waals surface area contributed by atoms with Gasteiger partial charge in [0.15, 0.2) is 0 Å². The standard InChI is InChI=1S/C12H22N2OS.C9H10/c1-3-4-9-16-10-12(2)14-7-5-13(11-15)6-8-14;1-2-4-8(5-3-1)9-6-7-9/h11H,2-10H2,1H3;1-5,9H,6-7H2. The van der Waals surface area contributed by atoms with Crippen LogP contribution in [-0.4, -0.2) is 53.9 Å². The molecule has 0 unspecified atom stereocenters. The largest absolute Gasteiger partial charge is 0.371 e. The van der Waals surface area contributed by atoms with E-state index in [-0.39, 0.29) is 0 Å². The number of carbonyl (C=O) groups excluding carboxylic acids is 1. The van der Waals surface area contributed by atoms with Gasteiger partial charge in [0, 0.05) is 37.6 Å². The summed E-state index contributed by atoms with van der Waals surface area (Å²) in [5.74, 6) is 3.16. The lowest BCUT2D eigenvalue weighted by molar-refractivity contribution is -0.119. The minimum absolute atomic E-state index is 0.835. The number of piperazine rings is 1. The lowest BCUT2D eigenvalue weighted by atomic mass is 10.1. The summed E-state index contributed by atoms with van der Waals surface area (Å²) >= 11 is 1.96. The third kappa shape index (κ3) is 7.55. The Morgan fingerprint density at radius 2 is 1.88 bits per heavy atom. The van der Waals surface area contributed by atoms with Crippen LogP contribution in [0.3, 0.4) is 0 Å². The van der Waals surface area contributed by atoms with Gasteiger partial charge in [-0.2, -0.15) is 11.8 Å². The molecule has 1 aromatic rings. The molecule has 2 fully saturated rings. The molecule has 0 radical (unpaired) electrons. The molecule has 0 atom stereocenters. The summed E-state index contributed by atoms with van der Waals surface area (Å²) in [5, 5.41) is 0. The van der Waals surface area contributed by atoms with Crippen LogP contribution in [0.4, 0.5) is 0 Å². The molecule has 1 saturated heterocycles. The smallest absolute Gasteiger partial charge is 0.209 e. The molecule has 138 valence electrons. The molecule has 1 aliphatic carbocycles. The Labute approximate surface area is 157 Å². The fraction of sp³-hybridized carbons (Fsp3) is 0.571. The van der Waals surface area contributed by atoms with Crippen molar-refractivity contribution in [3.8, 4) is 0 Å². The highest BCUT2D eigenvalue weighted by Gasteiger charge is 2.22. The van der Waals surface area contributed by atoms with Gasteiger partial charge in [-0.3, -0.25) is 4.79 Å². The van der Waals surface area contributed by atoms with E-state index in [1.807, 2.05) is 16.7 Å². The SMILES string of the molecule is C=C(CSCCCC)N1CCN(C=O)CC1.c1ccc(C2CC2)cc1. The summed E-state index contributed by atoms with van der Waals surface area (Å²) in [5.41, 5.74) is 2.74. The highest BCUT2D eigenvalue weighted by atomic mass is 32.2. The molecular weight excluding hydrogens is 328 g/mol. The molecule has 2 aliphatic rings. The molecule has 3 rings (SSSR count). The average Bonchev–Trinajstić information content (AvgIpc) is 3.52. The van der Waals surface area contributed by atoms with E-state index in [0.29, 0.717) is 0 Å². The number of thioether (sulfide) groups is 1. The summed E-state index contributed by atoms with van der Waals surface area (Å²) in [6, 6.07) is 10.8. The molecule has 1 saturated carbocycles. The van der Waals surface area contributed by atoms with Crippen molar-refractivity contribution in [3.05, 3.63) is 48.2 Å². The number of nitrogens with zero attached hydrogens (tertiary/aromatic N) is 2. The highest BCUT2D eigenvalue weighted by Crippen LogP contribution is 2.39. The van der Waals surface area contributed by atoms with Gasteiger partial charge in [0.2, 0.25) is 6.41 Å². The van der Waals surface area contributed by atoms with Gasteiger partial charge < -0.3 is 9.80 Å². The van der Waals surface area contributed by atoms with Crippen molar-refractivity contribution >= 4 is 18.2 Å². The van der Waals surface area contributed by atoms with E-state index in [2.05, 4.69) is 48.7 Å². The number of hydrogen-bond donors (Lipinski definition) is 0. The van der Waals surface area contributed by atoms with Crippen LogP contribution in [0.25, 0.3) is 0 Å². The molecule has 0 N–H and O–H groups in total. The topological polar surface area (TPSA) is 23.6 Å². The van der Waals surface area contributed by atoms with Crippen molar-refractivity contribution in [2.75, 3.05) is 37.7 Å². The van der Waals surface area contributed by atoms with Crippen LogP contribution < -0.4 is 0 Å². The molecule has 1 aromatic carbocycles. The van der Waals surface area contributed by atoms with E-state index in [1.54, 1.807) is 0 Å². The quantitative estimate of drug-likeness (QED) is 0.508. The zero-order valence-electron chi connectivity index (χ0n) is 15.5. The predicted molar refractivity (Wildman–Crippen MR) is 109 cm³/mol. The predicted octanol–water partition coefficient (Wildman–Crippen LogP) is 4.37. The van der Waals surface area contributed by atoms with Crippen molar-refractivity contribution in [2.45, 2.75) is 38.5 Å². The first-order chi connectivity index (χ1) is 12.2. The van der Waals surface area contributed by atoms with Gasteiger partial charge in [-0.15, -0.1) is 0 Å². The first kappa shape index (κ1) is 19.9. The van der Waals surface area contributed by atoms with Crippen LogP contribution in [0.15, 0.2) is 42.6 Å². The van der Waals surface area contributed by atoms with E-state index in [9.17, 15) is 4.79 Å². The van der Waals surface area contributed by atoms with Crippen LogP contribution >= 0.6 is 11.8 Å². The highest BCUT2D eigenvalue weighted by molar-refractivity contribution is 7.99. The molecule has 0 bridgehead atoms. The molecule has 3 nitrogen and oxygen atoms in total. The van der Waals surface area contributed by atoms with Crippen molar-refractivity contribution in [3.63, 3.8) is 0 Å². The van der Waals surface area contributed by atoms with E-state index in [4.69, 9.17) is 0 Å². The van der Waals surface area contributed by atoms with Crippen LogP contribution in [0.5, 0.6) is 0 Å². The number of hydrogen-bond acceptors (Lipinski definition) is 3. The Kier molecular flexibility index (Phi) is 8.95. The summed E-state index contributed by atoms with van der Waals surface area (Å²) in [6.07, 6.45) is 6.30. The second kappa shape index (κ2) is 11.2. The second-order valence-electron chi connectivity index (χ2n) is 6.79. The minimum atomic E-state index is 0.835. The van der Waals surface area contributed by atoms with Crippen LogP contribution in [0.1, 0.15) is 44.1 Å². The van der Waals surface area contributed by atoms with Crippen LogP contribution in [0.2, 0.25) is 0 Å². The normalized spacial score (nSPS) is 16.8. The molecule has 0 aromatic heterocycles. The van der Waals surface area contributed by atoms with Gasteiger partial charge in [0.1, 0.15) is 0 Å². The zero-order valence-corrected chi connectivity index (χ0v) is 16.3. The van der Waals surface area contributed by atoms with Crippen molar-refractivity contribution in [1.82, 2.24) is 9.80 Å². The lowest BCUT2D eigenvalue weighted by Gasteiger charge is -2.35. The van der Waals surface area contributed by atoms with E-state index >= 15 is 0 Å². The van der Waals surface area contributed by atoms with Crippen molar-refractivity contribution in [2.24, 2.45) is 0 Å². The maximum absolute atomic E-state index is 10.6. The number of rotatable bonds is 8. The monoisotopic (exact) mass is 360 g/mol. The molecular formula is C21H32N2OS. The minimum Gasteiger partial charge on any atom is -0.371 e. The Morgan fingerprint density at radius 1 is 1.20 bits per heavy atom. The fourth-order valence-electron chi connectivity index (χ4n) is 2.81. The Balaban J connectivity index is 0.000000208. The molecule has 4 heteroatoms. The average molecular weight is 361 g/mol. The van der Waals surface area contributed by atoms with Gasteiger partial charge in [0.25, 0.3) is 0 Å². The summed E-state index contributed by atoms with van der Waals surface area (Å²) in [4.78, 5) is 14.7. The van der Waals surface area contributed by atoms with Gasteiger partial charge in [-0.1, -0.05) is 50.3 Å². The molecule has 1 aliphatic heterocycles. The van der Waals surface area contributed by atoms with Crippen molar-refractivity contribution < 1.29 is 4.79 Å². The summed E-state index contributed by atoms with van der Waals surface area (Å²) in [7, 11) is 0. The van der Waals surface area contributed by atoms with E-state index < -0.39 is 0 Å². The van der Waals surface area contributed by atoms with Crippen LogP contribution in [0, 0.1) is 0 Å². The maximum atomic E-state index is 10.6. The Morgan fingerprint density at radius 3 is 2.44 bits per heavy atom. The fourth-order valence-corrected chi connectivity index (χ4v) is 3.87. The second-order valence-corrected chi connectivity index (χ2v) is 7.89. The van der Waals surface area contributed by atoms with E-state index in [1.165, 1.54) is 42.7 Å². The molecule has 25 heavy (non-hydrogen) atoms. The molecule has 1 amide bonds. The lowest BCUT2D eigenvalue weighted by Crippen LogP contribution is -2.45. The van der Waals surface area contributed by atoms with Crippen molar-refractivity contribution in [1.29, 1.82) is 0 Å².